The maximum Gasteiger partial charge on any atom is 0.204 e. The molecule has 1 heterocycles. The van der Waals surface area contributed by atoms with Crippen molar-refractivity contribution in [3.05, 3.63) is 42.5 Å². The van der Waals surface area contributed by atoms with Gasteiger partial charge < -0.3 is 24.3 Å². The first-order valence-corrected chi connectivity index (χ1v) is 8.07. The molecule has 26 heavy (non-hydrogen) atoms. The lowest BCUT2D eigenvalue weighted by Gasteiger charge is -2.16. The molecule has 0 amide bonds. The Kier molecular flexibility index (Phi) is 3.80. The normalized spacial score (nSPS) is 11.0. The van der Waals surface area contributed by atoms with Gasteiger partial charge in [-0.05, 0) is 35.7 Å². The van der Waals surface area contributed by atoms with E-state index in [4.69, 9.17) is 14.2 Å². The first kappa shape index (κ1) is 16.1. The molecule has 0 radical (unpaired) electrons. The summed E-state index contributed by atoms with van der Waals surface area (Å²) in [5, 5.41) is 12.0. The molecule has 2 N–H and O–H groups in total. The van der Waals surface area contributed by atoms with Crippen molar-refractivity contribution < 1.29 is 19.3 Å². The monoisotopic (exact) mass is 350 g/mol. The number of benzene rings is 3. The fraction of sp³-hybridized carbons (Fsp3) is 0.150. The Balaban J connectivity index is 1.99. The van der Waals surface area contributed by atoms with Crippen LogP contribution in [0.1, 0.15) is 0 Å². The fourth-order valence-electron chi connectivity index (χ4n) is 3.21. The number of ether oxygens (including phenoxy) is 3. The number of hydrogen-bond acceptors (Lipinski definition) is 5. The van der Waals surface area contributed by atoms with Crippen molar-refractivity contribution in [2.24, 2.45) is 0 Å². The van der Waals surface area contributed by atoms with Crippen LogP contribution < -0.4 is 14.2 Å². The summed E-state index contributed by atoms with van der Waals surface area (Å²) < 4.78 is 16.3. The summed E-state index contributed by atoms with van der Waals surface area (Å²) in [6, 6.07) is 13.2. The zero-order chi connectivity index (χ0) is 18.3. The SMILES string of the molecule is COc1cc2cc(-c3nc4ccccc4[nH]3)cc(O)c2c(OC)c1OC. The van der Waals surface area contributed by atoms with E-state index in [1.165, 1.54) is 14.2 Å². The molecule has 0 aliphatic carbocycles. The first-order chi connectivity index (χ1) is 12.7. The third kappa shape index (κ3) is 2.38. The summed E-state index contributed by atoms with van der Waals surface area (Å²) >= 11 is 0. The summed E-state index contributed by atoms with van der Waals surface area (Å²) in [6.07, 6.45) is 0. The number of phenolic OH excluding ortho intramolecular Hbond substituents is 1. The molecule has 0 fully saturated rings. The predicted octanol–water partition coefficient (Wildman–Crippen LogP) is 4.11. The number of methoxy groups -OCH3 is 3. The van der Waals surface area contributed by atoms with Gasteiger partial charge in [-0.1, -0.05) is 12.1 Å². The lowest BCUT2D eigenvalue weighted by molar-refractivity contribution is 0.326. The molecule has 6 heteroatoms. The summed E-state index contributed by atoms with van der Waals surface area (Å²) in [6.45, 7) is 0. The van der Waals surface area contributed by atoms with E-state index in [9.17, 15) is 5.11 Å². The van der Waals surface area contributed by atoms with Gasteiger partial charge in [-0.15, -0.1) is 0 Å². The Hall–Kier alpha value is -3.41. The van der Waals surface area contributed by atoms with Gasteiger partial charge in [-0.2, -0.15) is 0 Å². The molecule has 0 aliphatic rings. The summed E-state index contributed by atoms with van der Waals surface area (Å²) in [5.41, 5.74) is 2.57. The van der Waals surface area contributed by atoms with Crippen LogP contribution in [0.2, 0.25) is 0 Å². The number of nitrogens with zero attached hydrogens (tertiary/aromatic N) is 1. The van der Waals surface area contributed by atoms with Gasteiger partial charge in [-0.25, -0.2) is 4.98 Å². The molecule has 132 valence electrons. The van der Waals surface area contributed by atoms with Crippen LogP contribution in [-0.2, 0) is 0 Å². The van der Waals surface area contributed by atoms with Crippen molar-refractivity contribution in [2.75, 3.05) is 21.3 Å². The largest absolute Gasteiger partial charge is 0.507 e. The molecule has 0 aliphatic heterocycles. The zero-order valence-electron chi connectivity index (χ0n) is 14.7. The molecular formula is C20H18N2O4. The Morgan fingerprint density at radius 1 is 0.923 bits per heavy atom. The van der Waals surface area contributed by atoms with Gasteiger partial charge >= 0.3 is 0 Å². The minimum atomic E-state index is 0.0794. The average Bonchev–Trinajstić information content (AvgIpc) is 3.10. The van der Waals surface area contributed by atoms with Gasteiger partial charge in [0.15, 0.2) is 11.5 Å². The number of hydrogen-bond donors (Lipinski definition) is 2. The molecule has 0 atom stereocenters. The topological polar surface area (TPSA) is 76.6 Å². The molecule has 3 aromatic carbocycles. The highest BCUT2D eigenvalue weighted by Gasteiger charge is 2.20. The molecule has 1 aromatic heterocycles. The lowest BCUT2D eigenvalue weighted by atomic mass is 10.0. The number of H-pyrrole nitrogens is 1. The van der Waals surface area contributed by atoms with Crippen molar-refractivity contribution in [3.63, 3.8) is 0 Å². The number of phenols is 1. The van der Waals surface area contributed by atoms with Crippen molar-refractivity contribution in [3.8, 4) is 34.4 Å². The quantitative estimate of drug-likeness (QED) is 0.579. The second-order valence-electron chi connectivity index (χ2n) is 5.84. The van der Waals surface area contributed by atoms with E-state index in [2.05, 4.69) is 9.97 Å². The molecule has 4 aromatic rings. The number of aromatic nitrogens is 2. The van der Waals surface area contributed by atoms with Crippen molar-refractivity contribution in [2.45, 2.75) is 0 Å². The Labute approximate surface area is 150 Å². The van der Waals surface area contributed by atoms with Crippen LogP contribution in [0.25, 0.3) is 33.2 Å². The predicted molar refractivity (Wildman–Crippen MR) is 100 cm³/mol. The van der Waals surface area contributed by atoms with Crippen molar-refractivity contribution in [1.29, 1.82) is 0 Å². The smallest absolute Gasteiger partial charge is 0.204 e. The van der Waals surface area contributed by atoms with Gasteiger partial charge in [0.05, 0.1) is 37.7 Å². The van der Waals surface area contributed by atoms with Gasteiger partial charge in [0.25, 0.3) is 0 Å². The maximum atomic E-state index is 10.7. The Morgan fingerprint density at radius 3 is 2.38 bits per heavy atom. The molecule has 0 unspecified atom stereocenters. The van der Waals surface area contributed by atoms with Crippen LogP contribution in [0.4, 0.5) is 0 Å². The first-order valence-electron chi connectivity index (χ1n) is 8.07. The van der Waals surface area contributed by atoms with Crippen molar-refractivity contribution in [1.82, 2.24) is 9.97 Å². The van der Waals surface area contributed by atoms with Crippen LogP contribution in [0.15, 0.2) is 42.5 Å². The number of aromatic hydroxyl groups is 1. The van der Waals surface area contributed by atoms with Gasteiger partial charge in [0, 0.05) is 5.56 Å². The minimum Gasteiger partial charge on any atom is -0.507 e. The number of aromatic amines is 1. The molecule has 6 nitrogen and oxygen atoms in total. The Bertz CT molecular complexity index is 1080. The molecule has 0 bridgehead atoms. The van der Waals surface area contributed by atoms with Crippen LogP contribution in [0.5, 0.6) is 23.0 Å². The molecule has 0 saturated carbocycles. The third-order valence-corrected chi connectivity index (χ3v) is 4.38. The summed E-state index contributed by atoms with van der Waals surface area (Å²) in [7, 11) is 4.63. The second-order valence-corrected chi connectivity index (χ2v) is 5.84. The summed E-state index contributed by atoms with van der Waals surface area (Å²) in [5.74, 6) is 2.15. The third-order valence-electron chi connectivity index (χ3n) is 4.38. The number of para-hydroxylation sites is 2. The van der Waals surface area contributed by atoms with E-state index in [1.807, 2.05) is 36.4 Å². The number of fused-ring (bicyclic) bond motifs is 2. The van der Waals surface area contributed by atoms with E-state index in [1.54, 1.807) is 13.2 Å². The van der Waals surface area contributed by atoms with E-state index >= 15 is 0 Å². The molecule has 0 spiro atoms. The zero-order valence-corrected chi connectivity index (χ0v) is 14.7. The average molecular weight is 350 g/mol. The summed E-state index contributed by atoms with van der Waals surface area (Å²) in [4.78, 5) is 7.87. The van der Waals surface area contributed by atoms with Crippen LogP contribution >= 0.6 is 0 Å². The second kappa shape index (κ2) is 6.15. The maximum absolute atomic E-state index is 10.7. The Morgan fingerprint density at radius 2 is 1.69 bits per heavy atom. The van der Waals surface area contributed by atoms with E-state index in [0.717, 1.165) is 22.0 Å². The standard InChI is InChI=1S/C20H18N2O4/c1-24-16-10-11-8-12(20-21-13-6-4-5-7-14(13)22-20)9-15(23)17(11)19(26-3)18(16)25-2/h4-10,23H,1-3H3,(H,21,22). The van der Waals surface area contributed by atoms with E-state index < -0.39 is 0 Å². The van der Waals surface area contributed by atoms with E-state index in [0.29, 0.717) is 28.5 Å². The molecular weight excluding hydrogens is 332 g/mol. The van der Waals surface area contributed by atoms with Crippen molar-refractivity contribution >= 4 is 21.8 Å². The highest BCUT2D eigenvalue weighted by Crippen LogP contribution is 2.47. The van der Waals surface area contributed by atoms with Crippen LogP contribution in [-0.4, -0.2) is 36.4 Å². The van der Waals surface area contributed by atoms with Crippen LogP contribution in [0.3, 0.4) is 0 Å². The van der Waals surface area contributed by atoms with Gasteiger partial charge in [0.1, 0.15) is 11.6 Å². The van der Waals surface area contributed by atoms with Gasteiger partial charge in [0.2, 0.25) is 5.75 Å². The highest BCUT2D eigenvalue weighted by atomic mass is 16.5. The number of nitrogens with one attached hydrogen (secondary N) is 1. The van der Waals surface area contributed by atoms with Gasteiger partial charge in [-0.3, -0.25) is 0 Å². The highest BCUT2D eigenvalue weighted by molar-refractivity contribution is 6.00. The fourth-order valence-corrected chi connectivity index (χ4v) is 3.21. The molecule has 4 rings (SSSR count). The van der Waals surface area contributed by atoms with E-state index in [-0.39, 0.29) is 5.75 Å². The number of rotatable bonds is 4. The lowest BCUT2D eigenvalue weighted by Crippen LogP contribution is -1.96. The molecule has 0 saturated heterocycles. The minimum absolute atomic E-state index is 0.0794. The number of imidazole rings is 1. The van der Waals surface area contributed by atoms with Crippen LogP contribution in [0, 0.1) is 0 Å².